The third kappa shape index (κ3) is 5.50. The summed E-state index contributed by atoms with van der Waals surface area (Å²) in [5.74, 6) is -0.513. The van der Waals surface area contributed by atoms with Gasteiger partial charge < -0.3 is 5.32 Å². The van der Waals surface area contributed by atoms with Crippen molar-refractivity contribution in [1.29, 1.82) is 0 Å². The van der Waals surface area contributed by atoms with Gasteiger partial charge in [-0.15, -0.1) is 0 Å². The highest BCUT2D eigenvalue weighted by Gasteiger charge is 2.12. The van der Waals surface area contributed by atoms with Crippen LogP contribution in [0.1, 0.15) is 11.1 Å². The highest BCUT2D eigenvalue weighted by Crippen LogP contribution is 2.20. The van der Waals surface area contributed by atoms with E-state index in [1.807, 2.05) is 12.1 Å². The average molecular weight is 355 g/mol. The van der Waals surface area contributed by atoms with Crippen molar-refractivity contribution in [2.45, 2.75) is 13.1 Å². The van der Waals surface area contributed by atoms with Crippen molar-refractivity contribution >= 4 is 29.1 Å². The van der Waals surface area contributed by atoms with Gasteiger partial charge in [0, 0.05) is 28.7 Å². The van der Waals surface area contributed by atoms with Crippen LogP contribution in [-0.4, -0.2) is 24.4 Å². The number of likely N-dealkylation sites (N-methyl/N-ethyl adjacent to an activating group) is 1. The van der Waals surface area contributed by atoms with E-state index in [2.05, 4.69) is 5.32 Å². The van der Waals surface area contributed by atoms with Crippen LogP contribution in [0.2, 0.25) is 10.0 Å². The predicted molar refractivity (Wildman–Crippen MR) is 91.0 cm³/mol. The SMILES string of the molecule is CN(CC(=O)NCc1ccc(Cl)cc1)Cc1c(F)cccc1Cl. The lowest BCUT2D eigenvalue weighted by Crippen LogP contribution is -2.34. The fourth-order valence-corrected chi connectivity index (χ4v) is 2.46. The Balaban J connectivity index is 1.84. The van der Waals surface area contributed by atoms with Crippen LogP contribution < -0.4 is 5.32 Å². The Morgan fingerprint density at radius 3 is 2.52 bits per heavy atom. The van der Waals surface area contributed by atoms with E-state index in [0.717, 1.165) is 5.56 Å². The minimum atomic E-state index is -0.370. The molecule has 6 heteroatoms. The number of benzene rings is 2. The Kier molecular flexibility index (Phi) is 6.39. The summed E-state index contributed by atoms with van der Waals surface area (Å²) in [6.07, 6.45) is 0. The van der Waals surface area contributed by atoms with Gasteiger partial charge in [0.25, 0.3) is 0 Å². The number of rotatable bonds is 6. The van der Waals surface area contributed by atoms with E-state index in [1.54, 1.807) is 36.2 Å². The number of nitrogens with one attached hydrogen (secondary N) is 1. The molecule has 0 spiro atoms. The van der Waals surface area contributed by atoms with Crippen molar-refractivity contribution < 1.29 is 9.18 Å². The van der Waals surface area contributed by atoms with Gasteiger partial charge in [-0.2, -0.15) is 0 Å². The standard InChI is InChI=1S/C17H17Cl2FN2O/c1-22(10-14-15(19)3-2-4-16(14)20)11-17(23)21-9-12-5-7-13(18)8-6-12/h2-8H,9-11H2,1H3,(H,21,23). The Hall–Kier alpha value is -1.62. The molecule has 0 aromatic heterocycles. The van der Waals surface area contributed by atoms with Gasteiger partial charge >= 0.3 is 0 Å². The summed E-state index contributed by atoms with van der Waals surface area (Å²) in [4.78, 5) is 13.7. The Morgan fingerprint density at radius 2 is 1.87 bits per heavy atom. The Bertz CT molecular complexity index is 657. The molecule has 0 aliphatic carbocycles. The van der Waals surface area contributed by atoms with Crippen LogP contribution in [0, 0.1) is 5.82 Å². The topological polar surface area (TPSA) is 32.3 Å². The van der Waals surface area contributed by atoms with Crippen LogP contribution in [0.25, 0.3) is 0 Å². The highest BCUT2D eigenvalue weighted by molar-refractivity contribution is 6.31. The van der Waals surface area contributed by atoms with Gasteiger partial charge in [0.1, 0.15) is 5.82 Å². The molecule has 1 amide bonds. The molecular formula is C17H17Cl2FN2O. The van der Waals surface area contributed by atoms with Gasteiger partial charge in [-0.1, -0.05) is 41.4 Å². The highest BCUT2D eigenvalue weighted by atomic mass is 35.5. The number of hydrogen-bond donors (Lipinski definition) is 1. The summed E-state index contributed by atoms with van der Waals surface area (Å²) in [7, 11) is 1.74. The van der Waals surface area contributed by atoms with Crippen LogP contribution in [0.3, 0.4) is 0 Å². The molecule has 0 unspecified atom stereocenters. The van der Waals surface area contributed by atoms with Crippen LogP contribution in [-0.2, 0) is 17.9 Å². The molecule has 0 aliphatic rings. The second-order valence-corrected chi connectivity index (χ2v) is 6.12. The van der Waals surface area contributed by atoms with Crippen LogP contribution in [0.4, 0.5) is 4.39 Å². The molecule has 122 valence electrons. The summed E-state index contributed by atoms with van der Waals surface area (Å²) in [6, 6.07) is 11.8. The maximum atomic E-state index is 13.7. The normalized spacial score (nSPS) is 10.8. The van der Waals surface area contributed by atoms with Crippen molar-refractivity contribution in [3.63, 3.8) is 0 Å². The van der Waals surface area contributed by atoms with E-state index in [-0.39, 0.29) is 24.8 Å². The lowest BCUT2D eigenvalue weighted by molar-refractivity contribution is -0.122. The molecule has 0 aliphatic heterocycles. The van der Waals surface area contributed by atoms with Crippen molar-refractivity contribution in [2.24, 2.45) is 0 Å². The molecule has 1 N–H and O–H groups in total. The van der Waals surface area contributed by atoms with E-state index in [9.17, 15) is 9.18 Å². The lowest BCUT2D eigenvalue weighted by atomic mass is 10.2. The first kappa shape index (κ1) is 17.7. The lowest BCUT2D eigenvalue weighted by Gasteiger charge is -2.17. The summed E-state index contributed by atoms with van der Waals surface area (Å²) < 4.78 is 13.7. The van der Waals surface area contributed by atoms with Gasteiger partial charge in [-0.05, 0) is 36.9 Å². The third-order valence-electron chi connectivity index (χ3n) is 3.31. The van der Waals surface area contributed by atoms with E-state index in [0.29, 0.717) is 22.2 Å². The summed E-state index contributed by atoms with van der Waals surface area (Å²) in [6.45, 7) is 0.836. The quantitative estimate of drug-likeness (QED) is 0.853. The molecule has 0 heterocycles. The second kappa shape index (κ2) is 8.29. The van der Waals surface area contributed by atoms with Crippen molar-refractivity contribution in [2.75, 3.05) is 13.6 Å². The molecule has 2 rings (SSSR count). The minimum Gasteiger partial charge on any atom is -0.351 e. The molecule has 0 radical (unpaired) electrons. The van der Waals surface area contributed by atoms with Gasteiger partial charge in [-0.3, -0.25) is 9.69 Å². The zero-order valence-corrected chi connectivity index (χ0v) is 14.2. The fraction of sp³-hybridized carbons (Fsp3) is 0.235. The molecule has 23 heavy (non-hydrogen) atoms. The minimum absolute atomic E-state index is 0.144. The molecule has 2 aromatic rings. The first-order chi connectivity index (χ1) is 11.0. The average Bonchev–Trinajstić information content (AvgIpc) is 2.50. The number of halogens is 3. The number of carbonyl (C=O) groups excluding carboxylic acids is 1. The predicted octanol–water partition coefficient (Wildman–Crippen LogP) is 3.88. The van der Waals surface area contributed by atoms with Crippen LogP contribution in [0.15, 0.2) is 42.5 Å². The number of hydrogen-bond acceptors (Lipinski definition) is 2. The number of nitrogens with zero attached hydrogens (tertiary/aromatic N) is 1. The molecular weight excluding hydrogens is 338 g/mol. The van der Waals surface area contributed by atoms with Crippen molar-refractivity contribution in [3.05, 3.63) is 69.5 Å². The van der Waals surface area contributed by atoms with E-state index < -0.39 is 0 Å². The van der Waals surface area contributed by atoms with Crippen LogP contribution >= 0.6 is 23.2 Å². The maximum Gasteiger partial charge on any atom is 0.234 e. The summed E-state index contributed by atoms with van der Waals surface area (Å²) >= 11 is 11.8. The van der Waals surface area contributed by atoms with Crippen molar-refractivity contribution in [3.8, 4) is 0 Å². The molecule has 0 saturated carbocycles. The van der Waals surface area contributed by atoms with Gasteiger partial charge in [0.2, 0.25) is 5.91 Å². The van der Waals surface area contributed by atoms with E-state index in [1.165, 1.54) is 6.07 Å². The number of amides is 1. The first-order valence-electron chi connectivity index (χ1n) is 7.08. The Labute approximate surface area is 145 Å². The monoisotopic (exact) mass is 354 g/mol. The molecule has 2 aromatic carbocycles. The molecule has 3 nitrogen and oxygen atoms in total. The maximum absolute atomic E-state index is 13.7. The first-order valence-corrected chi connectivity index (χ1v) is 7.84. The second-order valence-electron chi connectivity index (χ2n) is 5.28. The zero-order valence-electron chi connectivity index (χ0n) is 12.7. The summed E-state index contributed by atoms with van der Waals surface area (Å²) in [5, 5.41) is 3.83. The molecule has 0 bridgehead atoms. The van der Waals surface area contributed by atoms with Gasteiger partial charge in [0.15, 0.2) is 0 Å². The van der Waals surface area contributed by atoms with E-state index >= 15 is 0 Å². The summed E-state index contributed by atoms with van der Waals surface area (Å²) in [5.41, 5.74) is 1.35. The largest absolute Gasteiger partial charge is 0.351 e. The Morgan fingerprint density at radius 1 is 1.17 bits per heavy atom. The van der Waals surface area contributed by atoms with Gasteiger partial charge in [0.05, 0.1) is 6.54 Å². The van der Waals surface area contributed by atoms with Crippen LogP contribution in [0.5, 0.6) is 0 Å². The smallest absolute Gasteiger partial charge is 0.234 e. The third-order valence-corrected chi connectivity index (χ3v) is 3.91. The molecule has 0 fully saturated rings. The molecule has 0 saturated heterocycles. The molecule has 0 atom stereocenters. The van der Waals surface area contributed by atoms with E-state index in [4.69, 9.17) is 23.2 Å². The number of carbonyl (C=O) groups is 1. The zero-order chi connectivity index (χ0) is 16.8. The van der Waals surface area contributed by atoms with Gasteiger partial charge in [-0.25, -0.2) is 4.39 Å². The van der Waals surface area contributed by atoms with Crippen molar-refractivity contribution in [1.82, 2.24) is 10.2 Å². The fourth-order valence-electron chi connectivity index (χ4n) is 2.11.